The molecule has 2 aromatic rings. The average molecular weight is 387 g/mol. The number of hydrogen-bond acceptors (Lipinski definition) is 5. The first-order valence-electron chi connectivity index (χ1n) is 8.25. The number of halogens is 1. The van der Waals surface area contributed by atoms with Gasteiger partial charge in [-0.25, -0.2) is 9.78 Å². The fourth-order valence-corrected chi connectivity index (χ4v) is 2.58. The number of likely N-dealkylation sites (N-methyl/N-ethyl adjacent to an activating group) is 1. The van der Waals surface area contributed by atoms with Crippen LogP contribution < -0.4 is 17.0 Å². The minimum Gasteiger partial charge on any atom is -0.344 e. The van der Waals surface area contributed by atoms with Crippen molar-refractivity contribution < 1.29 is 4.79 Å². The third-order valence-electron chi connectivity index (χ3n) is 4.60. The van der Waals surface area contributed by atoms with Gasteiger partial charge in [-0.05, 0) is 12.3 Å². The highest BCUT2D eigenvalue weighted by Gasteiger charge is 2.18. The smallest absolute Gasteiger partial charge is 0.332 e. The predicted octanol–water partition coefficient (Wildman–Crippen LogP) is -0.313. The molecule has 2 rings (SSSR count). The summed E-state index contributed by atoms with van der Waals surface area (Å²) in [6.07, 6.45) is 2.12. The van der Waals surface area contributed by atoms with Crippen molar-refractivity contribution in [1.82, 2.24) is 23.6 Å². The van der Waals surface area contributed by atoms with Crippen LogP contribution in [0.25, 0.3) is 11.2 Å². The molecule has 146 valence electrons. The molecule has 0 fully saturated rings. The normalized spacial score (nSPS) is 12.3. The van der Waals surface area contributed by atoms with Crippen molar-refractivity contribution in [2.24, 2.45) is 25.7 Å². The Morgan fingerprint density at radius 3 is 2.46 bits per heavy atom. The molecule has 1 amide bonds. The molecule has 10 heteroatoms. The molecular weight excluding hydrogens is 360 g/mol. The van der Waals surface area contributed by atoms with E-state index in [1.165, 1.54) is 22.5 Å². The molecule has 1 unspecified atom stereocenters. The number of aromatic nitrogens is 4. The van der Waals surface area contributed by atoms with Gasteiger partial charge in [-0.1, -0.05) is 13.8 Å². The van der Waals surface area contributed by atoms with Crippen molar-refractivity contribution in [2.45, 2.75) is 32.9 Å². The summed E-state index contributed by atoms with van der Waals surface area (Å²) in [5.41, 5.74) is 5.61. The van der Waals surface area contributed by atoms with E-state index in [1.807, 2.05) is 13.8 Å². The molecule has 0 radical (unpaired) electrons. The Hall–Kier alpha value is -2.13. The second-order valence-electron chi connectivity index (χ2n) is 6.76. The van der Waals surface area contributed by atoms with Gasteiger partial charge in [-0.2, -0.15) is 0 Å². The Morgan fingerprint density at radius 2 is 1.88 bits per heavy atom. The van der Waals surface area contributed by atoms with Gasteiger partial charge in [0.25, 0.3) is 5.56 Å². The summed E-state index contributed by atoms with van der Waals surface area (Å²) >= 11 is 0. The highest BCUT2D eigenvalue weighted by molar-refractivity contribution is 5.85. The molecule has 0 saturated heterocycles. The first-order chi connectivity index (χ1) is 11.6. The summed E-state index contributed by atoms with van der Waals surface area (Å²) in [7, 11) is 4.66. The lowest BCUT2D eigenvalue weighted by atomic mass is 10.0. The van der Waals surface area contributed by atoms with Gasteiger partial charge in [0, 0.05) is 33.7 Å². The lowest BCUT2D eigenvalue weighted by Crippen LogP contribution is -2.38. The molecule has 2 N–H and O–H groups in total. The molecule has 0 aliphatic rings. The van der Waals surface area contributed by atoms with Gasteiger partial charge in [-0.15, -0.1) is 12.4 Å². The van der Waals surface area contributed by atoms with Crippen LogP contribution in [0.4, 0.5) is 0 Å². The molecule has 0 saturated carbocycles. The number of rotatable bonds is 6. The quantitative estimate of drug-likeness (QED) is 0.732. The van der Waals surface area contributed by atoms with Crippen molar-refractivity contribution in [3.05, 3.63) is 27.2 Å². The number of aryl methyl sites for hydroxylation is 1. The Morgan fingerprint density at radius 1 is 1.27 bits per heavy atom. The third-order valence-corrected chi connectivity index (χ3v) is 4.60. The van der Waals surface area contributed by atoms with Gasteiger partial charge in [0.05, 0.1) is 6.33 Å². The lowest BCUT2D eigenvalue weighted by Gasteiger charge is -2.21. The maximum Gasteiger partial charge on any atom is 0.332 e. The van der Waals surface area contributed by atoms with E-state index in [0.29, 0.717) is 18.9 Å². The molecule has 2 heterocycles. The summed E-state index contributed by atoms with van der Waals surface area (Å²) in [6.45, 7) is 4.62. The lowest BCUT2D eigenvalue weighted by molar-refractivity contribution is -0.130. The Balaban J connectivity index is 0.00000338. The van der Waals surface area contributed by atoms with Crippen LogP contribution in [0.2, 0.25) is 0 Å². The van der Waals surface area contributed by atoms with Crippen LogP contribution in [0, 0.1) is 5.92 Å². The average Bonchev–Trinajstić information content (AvgIpc) is 2.98. The zero-order valence-corrected chi connectivity index (χ0v) is 16.6. The van der Waals surface area contributed by atoms with Crippen molar-refractivity contribution in [3.63, 3.8) is 0 Å². The highest BCUT2D eigenvalue weighted by Crippen LogP contribution is 2.07. The topological polar surface area (TPSA) is 108 Å². The number of carbonyl (C=O) groups is 1. The number of fused-ring (bicyclic) bond motifs is 1. The maximum atomic E-state index is 12.4. The SMILES string of the molecule is CC(C)C(N)CCN(C)C(=O)Cn1cnc2c1c(=O)n(C)c(=O)n2C.Cl. The van der Waals surface area contributed by atoms with Crippen molar-refractivity contribution in [1.29, 1.82) is 0 Å². The monoisotopic (exact) mass is 386 g/mol. The van der Waals surface area contributed by atoms with Gasteiger partial charge in [0.15, 0.2) is 11.2 Å². The molecule has 2 aromatic heterocycles. The molecule has 0 aliphatic heterocycles. The summed E-state index contributed by atoms with van der Waals surface area (Å²) in [6, 6.07) is 0.0335. The van der Waals surface area contributed by atoms with Crippen molar-refractivity contribution in [3.8, 4) is 0 Å². The molecule has 1 atom stereocenters. The molecular formula is C16H27ClN6O3. The number of nitrogens with two attached hydrogens (primary N) is 1. The van der Waals surface area contributed by atoms with E-state index in [1.54, 1.807) is 19.0 Å². The zero-order valence-electron chi connectivity index (χ0n) is 15.8. The molecule has 0 bridgehead atoms. The van der Waals surface area contributed by atoms with E-state index in [4.69, 9.17) is 5.73 Å². The molecule has 0 spiro atoms. The highest BCUT2D eigenvalue weighted by atomic mass is 35.5. The summed E-state index contributed by atoms with van der Waals surface area (Å²) in [4.78, 5) is 42.5. The summed E-state index contributed by atoms with van der Waals surface area (Å²) < 4.78 is 3.79. The van der Waals surface area contributed by atoms with Crippen LogP contribution in [-0.4, -0.2) is 49.1 Å². The number of imidazole rings is 1. The Kier molecular flexibility index (Phi) is 7.16. The van der Waals surface area contributed by atoms with E-state index < -0.39 is 11.2 Å². The van der Waals surface area contributed by atoms with Crippen LogP contribution in [0.1, 0.15) is 20.3 Å². The van der Waals surface area contributed by atoms with Gasteiger partial charge >= 0.3 is 5.69 Å². The minimum absolute atomic E-state index is 0. The van der Waals surface area contributed by atoms with Gasteiger partial charge in [-0.3, -0.25) is 18.7 Å². The maximum absolute atomic E-state index is 12.4. The van der Waals surface area contributed by atoms with E-state index >= 15 is 0 Å². The van der Waals surface area contributed by atoms with Gasteiger partial charge < -0.3 is 15.2 Å². The van der Waals surface area contributed by atoms with Gasteiger partial charge in [0.2, 0.25) is 5.91 Å². The fourth-order valence-electron chi connectivity index (χ4n) is 2.58. The number of carbonyl (C=O) groups excluding carboxylic acids is 1. The Bertz CT molecular complexity index is 898. The third kappa shape index (κ3) is 4.16. The van der Waals surface area contributed by atoms with Crippen molar-refractivity contribution in [2.75, 3.05) is 13.6 Å². The first-order valence-corrected chi connectivity index (χ1v) is 8.25. The van der Waals surface area contributed by atoms with Crippen LogP contribution in [0.15, 0.2) is 15.9 Å². The van der Waals surface area contributed by atoms with Crippen LogP contribution in [-0.2, 0) is 25.4 Å². The number of hydrogen-bond donors (Lipinski definition) is 1. The molecule has 0 aromatic carbocycles. The molecule has 9 nitrogen and oxygen atoms in total. The molecule has 0 aliphatic carbocycles. The van der Waals surface area contributed by atoms with E-state index in [0.717, 1.165) is 4.57 Å². The van der Waals surface area contributed by atoms with E-state index in [2.05, 4.69) is 4.98 Å². The van der Waals surface area contributed by atoms with Crippen LogP contribution in [0.5, 0.6) is 0 Å². The second kappa shape index (κ2) is 8.50. The van der Waals surface area contributed by atoms with E-state index in [-0.39, 0.29) is 42.1 Å². The van der Waals surface area contributed by atoms with E-state index in [9.17, 15) is 14.4 Å². The standard InChI is InChI=1S/C16H26N6O3.ClH/c1-10(2)11(17)6-7-19(3)12(23)8-22-9-18-14-13(22)15(24)21(5)16(25)20(14)4;/h9-11H,6-8,17H2,1-5H3;1H. The van der Waals surface area contributed by atoms with Crippen LogP contribution in [0.3, 0.4) is 0 Å². The van der Waals surface area contributed by atoms with Gasteiger partial charge in [0.1, 0.15) is 6.54 Å². The second-order valence-corrected chi connectivity index (χ2v) is 6.76. The summed E-state index contributed by atoms with van der Waals surface area (Å²) in [5.74, 6) is 0.205. The number of nitrogens with zero attached hydrogens (tertiary/aromatic N) is 5. The predicted molar refractivity (Wildman–Crippen MR) is 103 cm³/mol. The minimum atomic E-state index is -0.465. The van der Waals surface area contributed by atoms with Crippen LogP contribution >= 0.6 is 12.4 Å². The number of amides is 1. The fraction of sp³-hybridized carbons (Fsp3) is 0.625. The largest absolute Gasteiger partial charge is 0.344 e. The van der Waals surface area contributed by atoms with Crippen molar-refractivity contribution >= 4 is 29.5 Å². The Labute approximate surface area is 157 Å². The first kappa shape index (κ1) is 21.9. The molecule has 26 heavy (non-hydrogen) atoms. The summed E-state index contributed by atoms with van der Waals surface area (Å²) in [5, 5.41) is 0. The zero-order chi connectivity index (χ0) is 18.9.